The highest BCUT2D eigenvalue weighted by atomic mass is 16.2. The molecule has 1 atom stereocenters. The van der Waals surface area contributed by atoms with Crippen molar-refractivity contribution in [1.29, 1.82) is 0 Å². The topological polar surface area (TPSA) is 86.6 Å². The van der Waals surface area contributed by atoms with Crippen molar-refractivity contribution in [1.82, 2.24) is 29.4 Å². The number of likely N-dealkylation sites (tertiary alicyclic amines) is 1. The van der Waals surface area contributed by atoms with Crippen LogP contribution < -0.4 is 0 Å². The van der Waals surface area contributed by atoms with Gasteiger partial charge in [0.15, 0.2) is 5.65 Å². The van der Waals surface area contributed by atoms with Gasteiger partial charge < -0.3 is 14.8 Å². The highest BCUT2D eigenvalue weighted by molar-refractivity contribution is 5.99. The summed E-state index contributed by atoms with van der Waals surface area (Å²) in [6, 6.07) is 10.00. The van der Waals surface area contributed by atoms with Crippen LogP contribution in [-0.2, 0) is 11.2 Å². The Morgan fingerprint density at radius 2 is 2.06 bits per heavy atom. The number of aromatic amines is 1. The van der Waals surface area contributed by atoms with E-state index in [1.165, 1.54) is 4.90 Å². The smallest absolute Gasteiger partial charge is 0.258 e. The van der Waals surface area contributed by atoms with Crippen molar-refractivity contribution in [3.05, 3.63) is 65.7 Å². The van der Waals surface area contributed by atoms with Gasteiger partial charge in [-0.2, -0.15) is 5.10 Å². The number of nitrogens with one attached hydrogen (secondary N) is 1. The first-order chi connectivity index (χ1) is 15.5. The number of rotatable bonds is 4. The molecule has 1 aromatic carbocycles. The van der Waals surface area contributed by atoms with Crippen LogP contribution in [0, 0.1) is 0 Å². The second kappa shape index (κ2) is 8.11. The number of hydrogen-bond donors (Lipinski definition) is 1. The standard InChI is InChI=1S/C24H26N6O2/c1-28(2)24(32)19-14-27-30-21(9-10-25-23(19)30)16-6-5-11-29(15-16)22(31)12-17-13-26-20-8-4-3-7-18(17)20/h3-4,7-10,13-14,16,26H,5-6,11-12,15H2,1-2H3/t16-/m1/s1. The zero-order valence-corrected chi connectivity index (χ0v) is 18.3. The fraction of sp³-hybridized carbons (Fsp3) is 0.333. The zero-order chi connectivity index (χ0) is 22.2. The monoisotopic (exact) mass is 430 g/mol. The van der Waals surface area contributed by atoms with E-state index in [9.17, 15) is 9.59 Å². The minimum atomic E-state index is -0.121. The van der Waals surface area contributed by atoms with E-state index < -0.39 is 0 Å². The average molecular weight is 431 g/mol. The number of benzene rings is 1. The number of hydrogen-bond acceptors (Lipinski definition) is 4. The van der Waals surface area contributed by atoms with Gasteiger partial charge in [0.25, 0.3) is 5.91 Å². The Labute approximate surface area is 185 Å². The number of H-pyrrole nitrogens is 1. The van der Waals surface area contributed by atoms with Gasteiger partial charge in [-0.15, -0.1) is 0 Å². The first kappa shape index (κ1) is 20.2. The van der Waals surface area contributed by atoms with E-state index in [1.807, 2.05) is 41.4 Å². The van der Waals surface area contributed by atoms with Crippen LogP contribution in [0.15, 0.2) is 48.9 Å². The molecule has 0 bridgehead atoms. The number of fused-ring (bicyclic) bond motifs is 2. The SMILES string of the molecule is CN(C)C(=O)c1cnn2c([C@@H]3CCCN(C(=O)Cc4c[nH]c5ccccc45)C3)ccnc12. The van der Waals surface area contributed by atoms with Crippen molar-refractivity contribution in [2.75, 3.05) is 27.2 Å². The van der Waals surface area contributed by atoms with Crippen LogP contribution in [0.2, 0.25) is 0 Å². The molecule has 8 heteroatoms. The van der Waals surface area contributed by atoms with Gasteiger partial charge in [0, 0.05) is 56.4 Å². The third-order valence-electron chi connectivity index (χ3n) is 6.28. The predicted octanol–water partition coefficient (Wildman–Crippen LogP) is 2.86. The van der Waals surface area contributed by atoms with Gasteiger partial charge in [0.2, 0.25) is 5.91 Å². The molecule has 2 amide bonds. The number of nitrogens with zero attached hydrogens (tertiary/aromatic N) is 5. The molecule has 4 heterocycles. The summed E-state index contributed by atoms with van der Waals surface area (Å²) >= 11 is 0. The molecule has 32 heavy (non-hydrogen) atoms. The Balaban J connectivity index is 1.37. The Kier molecular flexibility index (Phi) is 5.13. The molecule has 4 aromatic rings. The molecular formula is C24H26N6O2. The quantitative estimate of drug-likeness (QED) is 0.539. The lowest BCUT2D eigenvalue weighted by atomic mass is 9.94. The molecule has 0 saturated carbocycles. The van der Waals surface area contributed by atoms with Crippen LogP contribution in [0.4, 0.5) is 0 Å². The highest BCUT2D eigenvalue weighted by Gasteiger charge is 2.28. The van der Waals surface area contributed by atoms with Crippen LogP contribution in [0.5, 0.6) is 0 Å². The van der Waals surface area contributed by atoms with Crippen molar-refractivity contribution in [3.63, 3.8) is 0 Å². The summed E-state index contributed by atoms with van der Waals surface area (Å²) in [5.41, 5.74) is 4.10. The Morgan fingerprint density at radius 3 is 2.91 bits per heavy atom. The van der Waals surface area contributed by atoms with Crippen LogP contribution >= 0.6 is 0 Å². The normalized spacial score (nSPS) is 16.6. The van der Waals surface area contributed by atoms with E-state index >= 15 is 0 Å². The summed E-state index contributed by atoms with van der Waals surface area (Å²) in [6.45, 7) is 1.40. The molecule has 164 valence electrons. The van der Waals surface area contributed by atoms with Crippen LogP contribution in [0.25, 0.3) is 16.6 Å². The van der Waals surface area contributed by atoms with Crippen molar-refractivity contribution in [2.24, 2.45) is 0 Å². The zero-order valence-electron chi connectivity index (χ0n) is 18.3. The molecule has 1 fully saturated rings. The van der Waals surface area contributed by atoms with E-state index in [0.29, 0.717) is 24.2 Å². The number of aromatic nitrogens is 4. The van der Waals surface area contributed by atoms with E-state index in [1.54, 1.807) is 31.0 Å². The lowest BCUT2D eigenvalue weighted by Gasteiger charge is -2.33. The first-order valence-corrected chi connectivity index (χ1v) is 10.9. The minimum Gasteiger partial charge on any atom is -0.361 e. The Bertz CT molecular complexity index is 1300. The van der Waals surface area contributed by atoms with Crippen molar-refractivity contribution < 1.29 is 9.59 Å². The van der Waals surface area contributed by atoms with Gasteiger partial charge in [0.1, 0.15) is 5.56 Å². The van der Waals surface area contributed by atoms with Crippen molar-refractivity contribution in [2.45, 2.75) is 25.2 Å². The Morgan fingerprint density at radius 1 is 1.22 bits per heavy atom. The molecule has 0 aliphatic carbocycles. The van der Waals surface area contributed by atoms with Crippen LogP contribution in [0.3, 0.4) is 0 Å². The van der Waals surface area contributed by atoms with Gasteiger partial charge in [-0.1, -0.05) is 18.2 Å². The number of amides is 2. The van der Waals surface area contributed by atoms with Gasteiger partial charge in [-0.3, -0.25) is 9.59 Å². The molecule has 0 unspecified atom stereocenters. The molecule has 3 aromatic heterocycles. The maximum Gasteiger partial charge on any atom is 0.258 e. The lowest BCUT2D eigenvalue weighted by Crippen LogP contribution is -2.40. The lowest BCUT2D eigenvalue weighted by molar-refractivity contribution is -0.131. The molecule has 1 aliphatic rings. The first-order valence-electron chi connectivity index (χ1n) is 10.9. The molecule has 0 radical (unpaired) electrons. The summed E-state index contributed by atoms with van der Waals surface area (Å²) in [4.78, 5) is 36.7. The summed E-state index contributed by atoms with van der Waals surface area (Å²) in [5.74, 6) is 0.154. The second-order valence-electron chi connectivity index (χ2n) is 8.58. The van der Waals surface area contributed by atoms with Gasteiger partial charge in [-0.05, 0) is 30.5 Å². The molecule has 1 N–H and O–H groups in total. The minimum absolute atomic E-state index is 0.121. The average Bonchev–Trinajstić information content (AvgIpc) is 3.43. The second-order valence-corrected chi connectivity index (χ2v) is 8.58. The summed E-state index contributed by atoms with van der Waals surface area (Å²) in [5, 5.41) is 5.56. The van der Waals surface area contributed by atoms with Crippen LogP contribution in [0.1, 0.15) is 40.4 Å². The number of carbonyl (C=O) groups is 2. The van der Waals surface area contributed by atoms with E-state index in [2.05, 4.69) is 15.1 Å². The largest absolute Gasteiger partial charge is 0.361 e. The van der Waals surface area contributed by atoms with Gasteiger partial charge in [-0.25, -0.2) is 9.50 Å². The summed E-state index contributed by atoms with van der Waals surface area (Å²) < 4.78 is 1.76. The van der Waals surface area contributed by atoms with Crippen molar-refractivity contribution >= 4 is 28.4 Å². The van der Waals surface area contributed by atoms with E-state index in [0.717, 1.165) is 41.5 Å². The molecule has 1 aliphatic heterocycles. The third-order valence-corrected chi connectivity index (χ3v) is 6.28. The Hall–Kier alpha value is -3.68. The fourth-order valence-corrected chi connectivity index (χ4v) is 4.61. The molecule has 8 nitrogen and oxygen atoms in total. The maximum absolute atomic E-state index is 13.1. The summed E-state index contributed by atoms with van der Waals surface area (Å²) in [6.07, 6.45) is 7.52. The molecule has 0 spiro atoms. The fourth-order valence-electron chi connectivity index (χ4n) is 4.61. The maximum atomic E-state index is 13.1. The molecule has 5 rings (SSSR count). The third kappa shape index (κ3) is 3.51. The number of piperidine rings is 1. The van der Waals surface area contributed by atoms with Crippen LogP contribution in [-0.4, -0.2) is 68.4 Å². The number of carbonyl (C=O) groups excluding carboxylic acids is 2. The van der Waals surface area contributed by atoms with Gasteiger partial charge in [0.05, 0.1) is 18.3 Å². The molecular weight excluding hydrogens is 404 g/mol. The van der Waals surface area contributed by atoms with Gasteiger partial charge >= 0.3 is 0 Å². The number of para-hydroxylation sites is 1. The molecule has 1 saturated heterocycles. The summed E-state index contributed by atoms with van der Waals surface area (Å²) in [7, 11) is 3.43. The highest BCUT2D eigenvalue weighted by Crippen LogP contribution is 2.28. The van der Waals surface area contributed by atoms with Crippen molar-refractivity contribution in [3.8, 4) is 0 Å². The van der Waals surface area contributed by atoms with E-state index in [-0.39, 0.29) is 17.7 Å². The van der Waals surface area contributed by atoms with E-state index in [4.69, 9.17) is 0 Å². The predicted molar refractivity (Wildman–Crippen MR) is 122 cm³/mol.